The predicted molar refractivity (Wildman–Crippen MR) is 76.3 cm³/mol. The summed E-state index contributed by atoms with van der Waals surface area (Å²) < 4.78 is 42.8. The van der Waals surface area contributed by atoms with E-state index in [0.29, 0.717) is 31.3 Å². The van der Waals surface area contributed by atoms with Crippen LogP contribution in [0.2, 0.25) is 0 Å². The van der Waals surface area contributed by atoms with E-state index >= 15 is 0 Å². The van der Waals surface area contributed by atoms with E-state index in [1.807, 2.05) is 0 Å². The van der Waals surface area contributed by atoms with Gasteiger partial charge < -0.3 is 19.5 Å². The molecule has 2 heterocycles. The second-order valence-corrected chi connectivity index (χ2v) is 6.68. The van der Waals surface area contributed by atoms with Crippen LogP contribution in [0.1, 0.15) is 0 Å². The second-order valence-electron chi connectivity index (χ2n) is 4.91. The van der Waals surface area contributed by atoms with Crippen LogP contribution in [-0.4, -0.2) is 53.4 Å². The van der Waals surface area contributed by atoms with E-state index in [9.17, 15) is 13.2 Å². The van der Waals surface area contributed by atoms with E-state index in [-0.39, 0.29) is 30.1 Å². The van der Waals surface area contributed by atoms with Gasteiger partial charge in [-0.1, -0.05) is 0 Å². The normalized spacial score (nSPS) is 21.6. The van der Waals surface area contributed by atoms with Crippen LogP contribution in [-0.2, 0) is 24.3 Å². The van der Waals surface area contributed by atoms with Gasteiger partial charge in [-0.3, -0.25) is 4.79 Å². The van der Waals surface area contributed by atoms with E-state index in [1.165, 1.54) is 18.2 Å². The number of hydrogen-bond acceptors (Lipinski definition) is 6. The molecule has 0 aliphatic carbocycles. The Kier molecular flexibility index (Phi) is 4.30. The molecule has 0 saturated carbocycles. The number of sulfonamides is 1. The molecule has 0 radical (unpaired) electrons. The smallest absolute Gasteiger partial charge is 0.262 e. The average molecular weight is 328 g/mol. The lowest BCUT2D eigenvalue weighted by Crippen LogP contribution is -2.39. The maximum atomic E-state index is 12.3. The lowest BCUT2D eigenvalue weighted by molar-refractivity contribution is -0.118. The third kappa shape index (κ3) is 3.38. The highest BCUT2D eigenvalue weighted by atomic mass is 32.2. The van der Waals surface area contributed by atoms with Crippen LogP contribution in [0.25, 0.3) is 0 Å². The van der Waals surface area contributed by atoms with Gasteiger partial charge in [0.2, 0.25) is 10.0 Å². The summed E-state index contributed by atoms with van der Waals surface area (Å²) in [7, 11) is -3.70. The molecule has 1 unspecified atom stereocenters. The Labute approximate surface area is 127 Å². The Morgan fingerprint density at radius 2 is 2.18 bits per heavy atom. The zero-order chi connectivity index (χ0) is 15.6. The molecule has 1 aromatic rings. The molecule has 2 aliphatic rings. The molecule has 0 aromatic heterocycles. The molecule has 2 aliphatic heterocycles. The minimum Gasteiger partial charge on any atom is -0.482 e. The first-order chi connectivity index (χ1) is 10.5. The van der Waals surface area contributed by atoms with Gasteiger partial charge in [-0.05, 0) is 18.2 Å². The maximum absolute atomic E-state index is 12.3. The van der Waals surface area contributed by atoms with Gasteiger partial charge in [-0.15, -0.1) is 0 Å². The molecule has 22 heavy (non-hydrogen) atoms. The number of amides is 1. The van der Waals surface area contributed by atoms with Crippen molar-refractivity contribution in [2.45, 2.75) is 11.0 Å². The fourth-order valence-corrected chi connectivity index (χ4v) is 3.26. The maximum Gasteiger partial charge on any atom is 0.262 e. The van der Waals surface area contributed by atoms with E-state index in [2.05, 4.69) is 10.0 Å². The van der Waals surface area contributed by atoms with Gasteiger partial charge in [0.05, 0.1) is 36.5 Å². The van der Waals surface area contributed by atoms with Crippen molar-refractivity contribution in [3.05, 3.63) is 18.2 Å². The largest absolute Gasteiger partial charge is 0.482 e. The summed E-state index contributed by atoms with van der Waals surface area (Å²) in [6.45, 7) is 1.39. The van der Waals surface area contributed by atoms with Gasteiger partial charge in [0.15, 0.2) is 6.61 Å². The number of carbonyl (C=O) groups excluding carboxylic acids is 1. The first-order valence-corrected chi connectivity index (χ1v) is 8.29. The van der Waals surface area contributed by atoms with Crippen LogP contribution in [0.4, 0.5) is 5.69 Å². The van der Waals surface area contributed by atoms with E-state index in [0.717, 1.165) is 0 Å². The van der Waals surface area contributed by atoms with Crippen molar-refractivity contribution >= 4 is 21.6 Å². The summed E-state index contributed by atoms with van der Waals surface area (Å²) in [4.78, 5) is 11.3. The molecular formula is C13H16N2O6S. The zero-order valence-corrected chi connectivity index (χ0v) is 12.5. The Hall–Kier alpha value is -1.68. The van der Waals surface area contributed by atoms with Crippen LogP contribution in [0.5, 0.6) is 5.75 Å². The molecule has 1 amide bonds. The van der Waals surface area contributed by atoms with Crippen LogP contribution >= 0.6 is 0 Å². The summed E-state index contributed by atoms with van der Waals surface area (Å²) in [5.74, 6) is 0.130. The Morgan fingerprint density at radius 1 is 1.32 bits per heavy atom. The molecule has 8 nitrogen and oxygen atoms in total. The number of benzene rings is 1. The number of ether oxygens (including phenoxy) is 3. The Bertz CT molecular complexity index is 669. The fourth-order valence-electron chi connectivity index (χ4n) is 2.17. The zero-order valence-electron chi connectivity index (χ0n) is 11.7. The summed E-state index contributed by atoms with van der Waals surface area (Å²) in [6.07, 6.45) is -0.302. The summed E-state index contributed by atoms with van der Waals surface area (Å²) in [5.41, 5.74) is 0.344. The lowest BCUT2D eigenvalue weighted by Gasteiger charge is -2.23. The third-order valence-electron chi connectivity index (χ3n) is 3.28. The van der Waals surface area contributed by atoms with E-state index < -0.39 is 10.0 Å². The Morgan fingerprint density at radius 3 is 2.95 bits per heavy atom. The number of hydrogen-bond donors (Lipinski definition) is 2. The van der Waals surface area contributed by atoms with Gasteiger partial charge in [0.1, 0.15) is 5.75 Å². The van der Waals surface area contributed by atoms with E-state index in [1.54, 1.807) is 0 Å². The SMILES string of the molecule is O=C1COc2ccc(S(=O)(=O)NCC3COCCO3)cc2N1. The fraction of sp³-hybridized carbons (Fsp3) is 0.462. The van der Waals surface area contributed by atoms with Gasteiger partial charge in [-0.25, -0.2) is 13.1 Å². The number of fused-ring (bicyclic) bond motifs is 1. The van der Waals surface area contributed by atoms with E-state index in [4.69, 9.17) is 14.2 Å². The second kappa shape index (κ2) is 6.21. The summed E-state index contributed by atoms with van der Waals surface area (Å²) >= 11 is 0. The highest BCUT2D eigenvalue weighted by Crippen LogP contribution is 2.29. The number of anilines is 1. The van der Waals surface area contributed by atoms with Crippen LogP contribution < -0.4 is 14.8 Å². The molecule has 0 spiro atoms. The first-order valence-electron chi connectivity index (χ1n) is 6.80. The van der Waals surface area contributed by atoms with Crippen molar-refractivity contribution in [2.24, 2.45) is 0 Å². The van der Waals surface area contributed by atoms with Crippen LogP contribution in [0.3, 0.4) is 0 Å². The molecule has 1 aromatic carbocycles. The minimum absolute atomic E-state index is 0.0498. The monoisotopic (exact) mass is 328 g/mol. The lowest BCUT2D eigenvalue weighted by atomic mass is 10.2. The predicted octanol–water partition coefficient (Wildman–Crippen LogP) is -0.289. The van der Waals surface area contributed by atoms with Crippen molar-refractivity contribution < 1.29 is 27.4 Å². The molecule has 120 valence electrons. The summed E-state index contributed by atoms with van der Waals surface area (Å²) in [5, 5.41) is 2.58. The molecule has 1 saturated heterocycles. The minimum atomic E-state index is -3.70. The molecule has 0 bridgehead atoms. The third-order valence-corrected chi connectivity index (χ3v) is 4.70. The van der Waals surface area contributed by atoms with Crippen molar-refractivity contribution in [2.75, 3.05) is 38.3 Å². The van der Waals surface area contributed by atoms with Gasteiger partial charge >= 0.3 is 0 Å². The first kappa shape index (κ1) is 15.2. The molecule has 2 N–H and O–H groups in total. The van der Waals surface area contributed by atoms with Crippen molar-refractivity contribution in [3.63, 3.8) is 0 Å². The number of nitrogens with one attached hydrogen (secondary N) is 2. The standard InChI is InChI=1S/C13H16N2O6S/c16-13-8-21-12-2-1-10(5-11(12)15-13)22(17,18)14-6-9-7-19-3-4-20-9/h1-2,5,9,14H,3-4,6-8H2,(H,15,16). The van der Waals surface area contributed by atoms with Crippen LogP contribution in [0, 0.1) is 0 Å². The van der Waals surface area contributed by atoms with Crippen molar-refractivity contribution in [1.29, 1.82) is 0 Å². The Balaban J connectivity index is 1.71. The molecular weight excluding hydrogens is 312 g/mol. The highest BCUT2D eigenvalue weighted by molar-refractivity contribution is 7.89. The highest BCUT2D eigenvalue weighted by Gasteiger charge is 2.22. The molecule has 9 heteroatoms. The van der Waals surface area contributed by atoms with Crippen molar-refractivity contribution in [3.8, 4) is 5.75 Å². The number of carbonyl (C=O) groups is 1. The average Bonchev–Trinajstić information content (AvgIpc) is 2.53. The van der Waals surface area contributed by atoms with Gasteiger partial charge in [-0.2, -0.15) is 0 Å². The topological polar surface area (TPSA) is 103 Å². The molecule has 1 fully saturated rings. The van der Waals surface area contributed by atoms with Crippen molar-refractivity contribution in [1.82, 2.24) is 4.72 Å². The quantitative estimate of drug-likeness (QED) is 0.787. The molecule has 3 rings (SSSR count). The van der Waals surface area contributed by atoms with Gasteiger partial charge in [0.25, 0.3) is 5.91 Å². The summed E-state index contributed by atoms with van der Waals surface area (Å²) in [6, 6.07) is 4.31. The van der Waals surface area contributed by atoms with Gasteiger partial charge in [0, 0.05) is 6.54 Å². The molecule has 1 atom stereocenters. The van der Waals surface area contributed by atoms with Crippen LogP contribution in [0.15, 0.2) is 23.1 Å². The number of rotatable bonds is 4.